The Bertz CT molecular complexity index is 470. The number of rotatable bonds is 3. The molecule has 0 aliphatic carbocycles. The Kier molecular flexibility index (Phi) is 5.07. The largest absolute Gasteiger partial charge is 0.483 e. The minimum Gasteiger partial charge on any atom is -0.483 e. The van der Waals surface area contributed by atoms with E-state index in [9.17, 15) is 4.79 Å². The Morgan fingerprint density at radius 1 is 1.63 bits per heavy atom. The van der Waals surface area contributed by atoms with Gasteiger partial charge in [-0.05, 0) is 35.0 Å². The van der Waals surface area contributed by atoms with Crippen LogP contribution < -0.4 is 10.1 Å². The molecule has 1 saturated heterocycles. The fourth-order valence-corrected chi connectivity index (χ4v) is 2.53. The summed E-state index contributed by atoms with van der Waals surface area (Å²) in [6.45, 7) is 4.37. The van der Waals surface area contributed by atoms with Crippen LogP contribution in [0.3, 0.4) is 0 Å². The lowest BCUT2D eigenvalue weighted by Crippen LogP contribution is -2.52. The van der Waals surface area contributed by atoms with Crippen LogP contribution in [0.5, 0.6) is 5.75 Å². The Labute approximate surface area is 126 Å². The topological polar surface area (TPSA) is 41.6 Å². The molecular weight excluding hydrogens is 332 g/mol. The first kappa shape index (κ1) is 14.6. The summed E-state index contributed by atoms with van der Waals surface area (Å²) < 4.78 is 6.20. The van der Waals surface area contributed by atoms with Gasteiger partial charge < -0.3 is 15.0 Å². The Hall–Kier alpha value is -0.780. The highest BCUT2D eigenvalue weighted by atomic mass is 79.9. The molecule has 19 heavy (non-hydrogen) atoms. The lowest BCUT2D eigenvalue weighted by atomic mass is 10.2. The first-order valence-electron chi connectivity index (χ1n) is 6.16. The first-order chi connectivity index (χ1) is 9.08. The third-order valence-corrected chi connectivity index (χ3v) is 4.35. The summed E-state index contributed by atoms with van der Waals surface area (Å²) in [6, 6.07) is 5.66. The van der Waals surface area contributed by atoms with Gasteiger partial charge in [0.2, 0.25) is 0 Å². The molecule has 2 rings (SSSR count). The number of amides is 1. The number of halogens is 2. The lowest BCUT2D eigenvalue weighted by molar-refractivity contribution is -0.134. The van der Waals surface area contributed by atoms with E-state index < -0.39 is 0 Å². The molecule has 1 aromatic carbocycles. The maximum atomic E-state index is 12.0. The zero-order chi connectivity index (χ0) is 13.8. The lowest BCUT2D eigenvalue weighted by Gasteiger charge is -2.31. The molecule has 1 aromatic rings. The van der Waals surface area contributed by atoms with E-state index in [4.69, 9.17) is 16.3 Å². The maximum Gasteiger partial charge on any atom is 0.260 e. The van der Waals surface area contributed by atoms with Crippen LogP contribution in [-0.4, -0.2) is 43.1 Å². The van der Waals surface area contributed by atoms with Crippen molar-refractivity contribution >= 4 is 33.4 Å². The number of nitrogens with one attached hydrogen (secondary N) is 1. The number of ether oxygens (including phenoxy) is 1. The van der Waals surface area contributed by atoms with Crippen LogP contribution in [0.25, 0.3) is 0 Å². The van der Waals surface area contributed by atoms with Gasteiger partial charge in [0, 0.05) is 25.7 Å². The first-order valence-corrected chi connectivity index (χ1v) is 7.33. The second kappa shape index (κ2) is 6.59. The van der Waals surface area contributed by atoms with Crippen LogP contribution in [0.2, 0.25) is 5.02 Å². The molecule has 1 atom stereocenters. The van der Waals surface area contributed by atoms with Gasteiger partial charge in [-0.15, -0.1) is 0 Å². The van der Waals surface area contributed by atoms with Crippen LogP contribution in [-0.2, 0) is 4.79 Å². The fraction of sp³-hybridized carbons (Fsp3) is 0.462. The van der Waals surface area contributed by atoms with E-state index in [2.05, 4.69) is 28.2 Å². The SMILES string of the molecule is CC1CN(C(=O)COc2cccc(Cl)c2Br)CCN1. The average Bonchev–Trinajstić information content (AvgIpc) is 2.40. The predicted octanol–water partition coefficient (Wildman–Crippen LogP) is 2.30. The van der Waals surface area contributed by atoms with Crippen LogP contribution in [0, 0.1) is 0 Å². The van der Waals surface area contributed by atoms with E-state index in [1.54, 1.807) is 18.2 Å². The van der Waals surface area contributed by atoms with Crippen molar-refractivity contribution in [2.75, 3.05) is 26.2 Å². The van der Waals surface area contributed by atoms with E-state index in [1.807, 2.05) is 4.90 Å². The number of hydrogen-bond acceptors (Lipinski definition) is 3. The minimum atomic E-state index is 0.000209. The Morgan fingerprint density at radius 2 is 2.42 bits per heavy atom. The second-order valence-corrected chi connectivity index (χ2v) is 5.74. The van der Waals surface area contributed by atoms with Crippen LogP contribution in [0.4, 0.5) is 0 Å². The molecule has 0 aromatic heterocycles. The van der Waals surface area contributed by atoms with Crippen molar-refractivity contribution < 1.29 is 9.53 Å². The number of nitrogens with zero attached hydrogens (tertiary/aromatic N) is 1. The summed E-state index contributed by atoms with van der Waals surface area (Å²) in [5.41, 5.74) is 0. The van der Waals surface area contributed by atoms with Crippen LogP contribution >= 0.6 is 27.5 Å². The molecule has 0 saturated carbocycles. The molecule has 1 amide bonds. The minimum absolute atomic E-state index is 0.000209. The quantitative estimate of drug-likeness (QED) is 0.912. The molecule has 104 valence electrons. The molecule has 0 spiro atoms. The third-order valence-electron chi connectivity index (χ3n) is 2.99. The Morgan fingerprint density at radius 3 is 3.16 bits per heavy atom. The standard InChI is InChI=1S/C13H16BrClN2O2/c1-9-7-17(6-5-16-9)12(18)8-19-11-4-2-3-10(15)13(11)14/h2-4,9,16H,5-8H2,1H3. The van der Waals surface area contributed by atoms with Crippen molar-refractivity contribution in [3.8, 4) is 5.75 Å². The maximum absolute atomic E-state index is 12.0. The summed E-state index contributed by atoms with van der Waals surface area (Å²) in [7, 11) is 0. The molecule has 1 heterocycles. The molecule has 1 unspecified atom stereocenters. The molecule has 0 bridgehead atoms. The second-order valence-electron chi connectivity index (χ2n) is 4.54. The molecule has 1 N–H and O–H groups in total. The van der Waals surface area contributed by atoms with Crippen molar-refractivity contribution in [1.29, 1.82) is 0 Å². The molecule has 0 radical (unpaired) electrons. The molecule has 1 aliphatic heterocycles. The zero-order valence-corrected chi connectivity index (χ0v) is 13.0. The number of benzene rings is 1. The van der Waals surface area contributed by atoms with Crippen molar-refractivity contribution in [1.82, 2.24) is 10.2 Å². The van der Waals surface area contributed by atoms with Gasteiger partial charge in [0.1, 0.15) is 5.75 Å². The van der Waals surface area contributed by atoms with Gasteiger partial charge in [0.15, 0.2) is 6.61 Å². The van der Waals surface area contributed by atoms with Crippen molar-refractivity contribution in [2.24, 2.45) is 0 Å². The van der Waals surface area contributed by atoms with E-state index in [0.29, 0.717) is 21.3 Å². The number of piperazine rings is 1. The van der Waals surface area contributed by atoms with E-state index in [0.717, 1.165) is 19.6 Å². The van der Waals surface area contributed by atoms with Crippen molar-refractivity contribution in [2.45, 2.75) is 13.0 Å². The average molecular weight is 348 g/mol. The number of carbonyl (C=O) groups excluding carboxylic acids is 1. The smallest absolute Gasteiger partial charge is 0.260 e. The number of hydrogen-bond donors (Lipinski definition) is 1. The monoisotopic (exact) mass is 346 g/mol. The predicted molar refractivity (Wildman–Crippen MR) is 78.7 cm³/mol. The summed E-state index contributed by atoms with van der Waals surface area (Å²) in [5, 5.41) is 3.87. The summed E-state index contributed by atoms with van der Waals surface area (Å²) >= 11 is 9.31. The van der Waals surface area contributed by atoms with E-state index in [-0.39, 0.29) is 12.5 Å². The molecule has 6 heteroatoms. The normalized spacial score (nSPS) is 19.3. The molecule has 4 nitrogen and oxygen atoms in total. The van der Waals surface area contributed by atoms with Gasteiger partial charge in [-0.3, -0.25) is 4.79 Å². The molecule has 1 aliphatic rings. The van der Waals surface area contributed by atoms with Gasteiger partial charge >= 0.3 is 0 Å². The summed E-state index contributed by atoms with van der Waals surface area (Å²) in [6.07, 6.45) is 0. The highest BCUT2D eigenvalue weighted by Gasteiger charge is 2.20. The third kappa shape index (κ3) is 3.84. The van der Waals surface area contributed by atoms with E-state index >= 15 is 0 Å². The van der Waals surface area contributed by atoms with Gasteiger partial charge in [-0.1, -0.05) is 17.7 Å². The van der Waals surface area contributed by atoms with Gasteiger partial charge in [-0.2, -0.15) is 0 Å². The van der Waals surface area contributed by atoms with Crippen molar-refractivity contribution in [3.63, 3.8) is 0 Å². The van der Waals surface area contributed by atoms with Crippen LogP contribution in [0.15, 0.2) is 22.7 Å². The van der Waals surface area contributed by atoms with E-state index in [1.165, 1.54) is 0 Å². The van der Waals surface area contributed by atoms with Gasteiger partial charge in [0.25, 0.3) is 5.91 Å². The molecule has 1 fully saturated rings. The summed E-state index contributed by atoms with van der Waals surface area (Å²) in [4.78, 5) is 13.9. The zero-order valence-electron chi connectivity index (χ0n) is 10.7. The Balaban J connectivity index is 1.91. The number of carbonyl (C=O) groups is 1. The fourth-order valence-electron chi connectivity index (χ4n) is 1.99. The molecular formula is C13H16BrClN2O2. The van der Waals surface area contributed by atoms with Crippen molar-refractivity contribution in [3.05, 3.63) is 27.7 Å². The summed E-state index contributed by atoms with van der Waals surface area (Å²) in [5.74, 6) is 0.587. The van der Waals surface area contributed by atoms with Gasteiger partial charge in [-0.25, -0.2) is 0 Å². The highest BCUT2D eigenvalue weighted by molar-refractivity contribution is 9.10. The van der Waals surface area contributed by atoms with Crippen LogP contribution in [0.1, 0.15) is 6.92 Å². The highest BCUT2D eigenvalue weighted by Crippen LogP contribution is 2.31. The van der Waals surface area contributed by atoms with Gasteiger partial charge in [0.05, 0.1) is 9.50 Å².